The average molecular weight is 460 g/mol. The summed E-state index contributed by atoms with van der Waals surface area (Å²) >= 11 is 5.91. The second-order valence-electron chi connectivity index (χ2n) is 7.81. The maximum Gasteiger partial charge on any atom is 0.239 e. The summed E-state index contributed by atoms with van der Waals surface area (Å²) < 4.78 is 1.65. The van der Waals surface area contributed by atoms with Crippen LogP contribution in [-0.2, 0) is 17.8 Å². The number of pyridine rings is 2. The van der Waals surface area contributed by atoms with Gasteiger partial charge >= 0.3 is 0 Å². The van der Waals surface area contributed by atoms with E-state index >= 15 is 0 Å². The Labute approximate surface area is 195 Å². The van der Waals surface area contributed by atoms with Crippen LogP contribution < -0.4 is 10.7 Å². The van der Waals surface area contributed by atoms with E-state index in [9.17, 15) is 14.4 Å². The van der Waals surface area contributed by atoms with Gasteiger partial charge in [-0.3, -0.25) is 19.4 Å². The molecule has 0 unspecified atom stereocenters. The molecule has 0 bridgehead atoms. The number of carbonyl (C=O) groups is 2. The van der Waals surface area contributed by atoms with Crippen molar-refractivity contribution in [1.82, 2.24) is 14.9 Å². The Balaban J connectivity index is 1.60. The van der Waals surface area contributed by atoms with E-state index in [0.717, 1.165) is 11.1 Å². The van der Waals surface area contributed by atoms with E-state index in [2.05, 4.69) is 10.3 Å². The Morgan fingerprint density at radius 1 is 1.03 bits per heavy atom. The fraction of sp³-hybridized carbons (Fsp3) is 0.154. The molecule has 7 heteroatoms. The second-order valence-corrected chi connectivity index (χ2v) is 8.25. The van der Waals surface area contributed by atoms with E-state index in [4.69, 9.17) is 11.6 Å². The van der Waals surface area contributed by atoms with Gasteiger partial charge in [-0.2, -0.15) is 0 Å². The molecule has 0 aliphatic heterocycles. The van der Waals surface area contributed by atoms with Crippen molar-refractivity contribution in [3.63, 3.8) is 0 Å². The van der Waals surface area contributed by atoms with Crippen molar-refractivity contribution >= 4 is 34.2 Å². The zero-order valence-electron chi connectivity index (χ0n) is 18.0. The minimum absolute atomic E-state index is 0.0168. The molecule has 0 atom stereocenters. The molecular formula is C26H22ClN3O3. The number of benzene rings is 2. The van der Waals surface area contributed by atoms with E-state index in [1.807, 2.05) is 37.3 Å². The summed E-state index contributed by atoms with van der Waals surface area (Å²) in [5.41, 5.74) is 2.60. The first-order chi connectivity index (χ1) is 15.9. The Hall–Kier alpha value is -3.77. The zero-order valence-corrected chi connectivity index (χ0v) is 18.8. The lowest BCUT2D eigenvalue weighted by Gasteiger charge is -2.14. The molecule has 0 radical (unpaired) electrons. The van der Waals surface area contributed by atoms with Gasteiger partial charge in [-0.25, -0.2) is 0 Å². The van der Waals surface area contributed by atoms with Crippen molar-refractivity contribution in [2.24, 2.45) is 0 Å². The fourth-order valence-corrected chi connectivity index (χ4v) is 3.80. The highest BCUT2D eigenvalue weighted by Gasteiger charge is 2.18. The number of halogens is 1. The summed E-state index contributed by atoms with van der Waals surface area (Å²) in [4.78, 5) is 42.8. The van der Waals surface area contributed by atoms with Crippen molar-refractivity contribution in [3.8, 4) is 0 Å². The molecule has 1 N–H and O–H groups in total. The highest BCUT2D eigenvalue weighted by atomic mass is 35.5. The lowest BCUT2D eigenvalue weighted by atomic mass is 10.0. The molecule has 166 valence electrons. The van der Waals surface area contributed by atoms with Crippen LogP contribution in [0, 0.1) is 6.92 Å². The predicted octanol–water partition coefficient (Wildman–Crippen LogP) is 3.95. The number of fused-ring (bicyclic) bond motifs is 1. The quantitative estimate of drug-likeness (QED) is 0.424. The van der Waals surface area contributed by atoms with Crippen molar-refractivity contribution in [3.05, 3.63) is 111 Å². The van der Waals surface area contributed by atoms with Crippen LogP contribution >= 0.6 is 11.6 Å². The first-order valence-electron chi connectivity index (χ1n) is 10.5. The van der Waals surface area contributed by atoms with E-state index in [0.29, 0.717) is 34.5 Å². The first-order valence-corrected chi connectivity index (χ1v) is 10.9. The van der Waals surface area contributed by atoms with Gasteiger partial charge in [0.2, 0.25) is 11.3 Å². The fourth-order valence-electron chi connectivity index (χ4n) is 3.67. The monoisotopic (exact) mass is 459 g/mol. The summed E-state index contributed by atoms with van der Waals surface area (Å²) in [6, 6.07) is 16.0. The van der Waals surface area contributed by atoms with E-state index in [1.165, 1.54) is 18.6 Å². The van der Waals surface area contributed by atoms with Crippen molar-refractivity contribution in [2.45, 2.75) is 19.9 Å². The van der Waals surface area contributed by atoms with Gasteiger partial charge in [-0.05, 0) is 55.3 Å². The van der Waals surface area contributed by atoms with Gasteiger partial charge in [0.1, 0.15) is 6.54 Å². The van der Waals surface area contributed by atoms with Crippen LogP contribution in [-0.4, -0.2) is 27.8 Å². The minimum atomic E-state index is -0.400. The average Bonchev–Trinajstić information content (AvgIpc) is 2.82. The second kappa shape index (κ2) is 9.79. The molecule has 0 aliphatic rings. The van der Waals surface area contributed by atoms with Crippen LogP contribution in [0.2, 0.25) is 5.02 Å². The summed E-state index contributed by atoms with van der Waals surface area (Å²) in [5, 5.41) is 3.97. The largest absolute Gasteiger partial charge is 0.354 e. The number of aryl methyl sites for hydroxylation is 1. The molecule has 2 aromatic heterocycles. The van der Waals surface area contributed by atoms with Crippen LogP contribution in [0.5, 0.6) is 0 Å². The first kappa shape index (κ1) is 22.4. The van der Waals surface area contributed by atoms with Crippen molar-refractivity contribution < 1.29 is 9.59 Å². The third kappa shape index (κ3) is 5.18. The van der Waals surface area contributed by atoms with Gasteiger partial charge in [-0.1, -0.05) is 35.4 Å². The topological polar surface area (TPSA) is 81.1 Å². The maximum absolute atomic E-state index is 13.1. The standard InChI is InChI=1S/C26H22ClN3O3/c1-17-2-7-23-21(14-17)26(33)22(25(32)19-9-11-28-12-10-19)15-30(23)16-24(31)29-13-8-18-3-5-20(27)6-4-18/h2-7,9-12,14-15H,8,13,16H2,1H3,(H,29,31). The molecular weight excluding hydrogens is 438 g/mol. The molecule has 2 aromatic carbocycles. The Bertz CT molecular complexity index is 1380. The molecule has 4 rings (SSSR count). The minimum Gasteiger partial charge on any atom is -0.354 e. The third-order valence-corrected chi connectivity index (χ3v) is 5.64. The number of nitrogens with one attached hydrogen (secondary N) is 1. The van der Waals surface area contributed by atoms with Crippen LogP contribution in [0.1, 0.15) is 27.0 Å². The molecule has 33 heavy (non-hydrogen) atoms. The lowest BCUT2D eigenvalue weighted by Crippen LogP contribution is -2.30. The lowest BCUT2D eigenvalue weighted by molar-refractivity contribution is -0.121. The van der Waals surface area contributed by atoms with Crippen LogP contribution in [0.4, 0.5) is 0 Å². The van der Waals surface area contributed by atoms with Gasteiger partial charge in [0, 0.05) is 41.1 Å². The summed E-state index contributed by atoms with van der Waals surface area (Å²) in [6.07, 6.45) is 5.15. The Kier molecular flexibility index (Phi) is 6.66. The van der Waals surface area contributed by atoms with Crippen LogP contribution in [0.3, 0.4) is 0 Å². The SMILES string of the molecule is Cc1ccc2c(c1)c(=O)c(C(=O)c1ccncc1)cn2CC(=O)NCCc1ccc(Cl)cc1. The number of amides is 1. The zero-order chi connectivity index (χ0) is 23.4. The van der Waals surface area contributed by atoms with Gasteiger partial charge in [-0.15, -0.1) is 0 Å². The predicted molar refractivity (Wildman–Crippen MR) is 129 cm³/mol. The van der Waals surface area contributed by atoms with Crippen LogP contribution in [0.25, 0.3) is 10.9 Å². The molecule has 0 saturated heterocycles. The number of rotatable bonds is 7. The number of ketones is 1. The molecule has 4 aromatic rings. The number of nitrogens with zero attached hydrogens (tertiary/aromatic N) is 2. The highest BCUT2D eigenvalue weighted by Crippen LogP contribution is 2.16. The maximum atomic E-state index is 13.1. The van der Waals surface area contributed by atoms with Gasteiger partial charge in [0.05, 0.1) is 11.1 Å². The molecule has 0 spiro atoms. The van der Waals surface area contributed by atoms with Crippen LogP contribution in [0.15, 0.2) is 78.0 Å². The third-order valence-electron chi connectivity index (χ3n) is 5.39. The van der Waals surface area contributed by atoms with Gasteiger partial charge in [0.15, 0.2) is 5.78 Å². The summed E-state index contributed by atoms with van der Waals surface area (Å²) in [6.45, 7) is 2.32. The van der Waals surface area contributed by atoms with Gasteiger partial charge < -0.3 is 9.88 Å². The summed E-state index contributed by atoms with van der Waals surface area (Å²) in [5.74, 6) is -0.612. The number of hydrogen-bond donors (Lipinski definition) is 1. The molecule has 6 nitrogen and oxygen atoms in total. The smallest absolute Gasteiger partial charge is 0.239 e. The molecule has 0 fully saturated rings. The Morgan fingerprint density at radius 3 is 2.48 bits per heavy atom. The van der Waals surface area contributed by atoms with E-state index < -0.39 is 5.78 Å². The van der Waals surface area contributed by atoms with Crippen molar-refractivity contribution in [2.75, 3.05) is 6.54 Å². The van der Waals surface area contributed by atoms with Crippen molar-refractivity contribution in [1.29, 1.82) is 0 Å². The number of hydrogen-bond acceptors (Lipinski definition) is 4. The number of carbonyl (C=O) groups excluding carboxylic acids is 2. The van der Waals surface area contributed by atoms with Gasteiger partial charge in [0.25, 0.3) is 0 Å². The molecule has 0 aliphatic carbocycles. The molecule has 2 heterocycles. The number of aromatic nitrogens is 2. The summed E-state index contributed by atoms with van der Waals surface area (Å²) in [7, 11) is 0. The van der Waals surface area contributed by atoms with E-state index in [1.54, 1.807) is 28.8 Å². The highest BCUT2D eigenvalue weighted by molar-refractivity contribution is 6.30. The molecule has 0 saturated carbocycles. The Morgan fingerprint density at radius 2 is 1.76 bits per heavy atom. The normalized spacial score (nSPS) is 10.8. The molecule has 1 amide bonds. The van der Waals surface area contributed by atoms with E-state index in [-0.39, 0.29) is 23.4 Å².